The summed E-state index contributed by atoms with van der Waals surface area (Å²) >= 11 is 1.35. The van der Waals surface area contributed by atoms with Gasteiger partial charge in [0.05, 0.1) is 0 Å². The van der Waals surface area contributed by atoms with Crippen LogP contribution in [0.4, 0.5) is 0 Å². The number of nitriles is 1. The van der Waals surface area contributed by atoms with E-state index in [1.807, 2.05) is 6.07 Å². The molecule has 0 amide bonds. The first-order valence-corrected chi connectivity index (χ1v) is 3.83. The highest BCUT2D eigenvalue weighted by Crippen LogP contribution is 2.11. The van der Waals surface area contributed by atoms with Crippen LogP contribution in [0.2, 0.25) is 0 Å². The molecule has 1 rings (SSSR count). The molecule has 0 saturated heterocycles. The van der Waals surface area contributed by atoms with Crippen LogP contribution in [0.25, 0.3) is 0 Å². The first-order chi connectivity index (χ1) is 5.36. The number of aliphatic hydroxyl groups excluding tert-OH is 1. The van der Waals surface area contributed by atoms with Crippen LogP contribution in [0, 0.1) is 23.2 Å². The molecule has 0 bridgehead atoms. The minimum atomic E-state index is -0.141. The molecule has 0 aliphatic rings. The molecule has 0 saturated carbocycles. The van der Waals surface area contributed by atoms with Crippen molar-refractivity contribution in [3.63, 3.8) is 0 Å². The summed E-state index contributed by atoms with van der Waals surface area (Å²) in [7, 11) is 0. The lowest BCUT2D eigenvalue weighted by Crippen LogP contribution is -1.71. The monoisotopic (exact) mass is 163 g/mol. The predicted molar refractivity (Wildman–Crippen MR) is 43.0 cm³/mol. The average Bonchev–Trinajstić information content (AvgIpc) is 2.48. The Kier molecular flexibility index (Phi) is 2.68. The van der Waals surface area contributed by atoms with Gasteiger partial charge in [0.15, 0.2) is 0 Å². The van der Waals surface area contributed by atoms with Crippen molar-refractivity contribution in [2.75, 3.05) is 6.61 Å². The molecule has 0 spiro atoms. The number of hydrogen-bond donors (Lipinski definition) is 1. The fraction of sp³-hybridized carbons (Fsp3) is 0.125. The lowest BCUT2D eigenvalue weighted by Gasteiger charge is -1.73. The molecule has 0 aromatic carbocycles. The predicted octanol–water partition coefficient (Wildman–Crippen LogP) is 0.964. The van der Waals surface area contributed by atoms with Crippen molar-refractivity contribution >= 4 is 11.3 Å². The lowest BCUT2D eigenvalue weighted by molar-refractivity contribution is 0.350. The summed E-state index contributed by atoms with van der Waals surface area (Å²) in [6, 6.07) is 3.71. The van der Waals surface area contributed by atoms with Gasteiger partial charge in [0.1, 0.15) is 17.6 Å². The molecule has 1 aromatic rings. The molecular weight excluding hydrogens is 158 g/mol. The van der Waals surface area contributed by atoms with Crippen LogP contribution in [-0.2, 0) is 0 Å². The van der Waals surface area contributed by atoms with Crippen LogP contribution in [0.15, 0.2) is 11.4 Å². The van der Waals surface area contributed by atoms with E-state index in [1.165, 1.54) is 11.3 Å². The summed E-state index contributed by atoms with van der Waals surface area (Å²) in [6.45, 7) is -0.141. The molecule has 0 aliphatic carbocycles. The van der Waals surface area contributed by atoms with Crippen LogP contribution in [0.1, 0.15) is 10.4 Å². The molecule has 54 valence electrons. The maximum atomic E-state index is 8.44. The highest BCUT2D eigenvalue weighted by Gasteiger charge is 1.93. The van der Waals surface area contributed by atoms with Crippen molar-refractivity contribution in [2.45, 2.75) is 0 Å². The molecule has 1 aromatic heterocycles. The Bertz CT molecular complexity index is 337. The van der Waals surface area contributed by atoms with Crippen LogP contribution >= 0.6 is 11.3 Å². The van der Waals surface area contributed by atoms with E-state index in [4.69, 9.17) is 10.4 Å². The molecule has 0 radical (unpaired) electrons. The third kappa shape index (κ3) is 2.09. The molecule has 1 N–H and O–H groups in total. The van der Waals surface area contributed by atoms with E-state index < -0.39 is 0 Å². The Hall–Kier alpha value is -1.29. The minimum absolute atomic E-state index is 0.141. The zero-order valence-electron chi connectivity index (χ0n) is 5.66. The molecule has 0 unspecified atom stereocenters. The Morgan fingerprint density at radius 2 is 2.45 bits per heavy atom. The SMILES string of the molecule is N#Cc1cc(C#CCO)cs1. The normalized spacial score (nSPS) is 8.00. The van der Waals surface area contributed by atoms with Gasteiger partial charge < -0.3 is 5.11 Å². The Labute approximate surface area is 68.7 Å². The molecule has 0 fully saturated rings. The number of nitrogens with zero attached hydrogens (tertiary/aromatic N) is 1. The van der Waals surface area contributed by atoms with Gasteiger partial charge in [-0.2, -0.15) is 5.26 Å². The molecule has 0 aliphatic heterocycles. The summed E-state index contributed by atoms with van der Waals surface area (Å²) < 4.78 is 0. The van der Waals surface area contributed by atoms with Crippen molar-refractivity contribution in [3.8, 4) is 17.9 Å². The summed E-state index contributed by atoms with van der Waals surface area (Å²) in [4.78, 5) is 0.646. The average molecular weight is 163 g/mol. The molecule has 11 heavy (non-hydrogen) atoms. The first-order valence-electron chi connectivity index (χ1n) is 2.95. The summed E-state index contributed by atoms with van der Waals surface area (Å²) in [5, 5.41) is 18.6. The van der Waals surface area contributed by atoms with E-state index >= 15 is 0 Å². The smallest absolute Gasteiger partial charge is 0.110 e. The molecule has 2 nitrogen and oxygen atoms in total. The van der Waals surface area contributed by atoms with E-state index in [2.05, 4.69) is 11.8 Å². The van der Waals surface area contributed by atoms with Crippen LogP contribution in [-0.4, -0.2) is 11.7 Å². The van der Waals surface area contributed by atoms with Gasteiger partial charge in [-0.3, -0.25) is 0 Å². The van der Waals surface area contributed by atoms with Gasteiger partial charge in [0.25, 0.3) is 0 Å². The largest absolute Gasteiger partial charge is 0.384 e. The fourth-order valence-corrected chi connectivity index (χ4v) is 1.23. The first kappa shape index (κ1) is 7.81. The fourth-order valence-electron chi connectivity index (χ4n) is 0.602. The van der Waals surface area contributed by atoms with E-state index in [9.17, 15) is 0 Å². The van der Waals surface area contributed by atoms with Crippen molar-refractivity contribution in [1.82, 2.24) is 0 Å². The second kappa shape index (κ2) is 3.78. The van der Waals surface area contributed by atoms with E-state index in [0.29, 0.717) is 4.88 Å². The van der Waals surface area contributed by atoms with Gasteiger partial charge in [-0.1, -0.05) is 11.8 Å². The van der Waals surface area contributed by atoms with Gasteiger partial charge in [0.2, 0.25) is 0 Å². The number of thiophene rings is 1. The highest BCUT2D eigenvalue weighted by molar-refractivity contribution is 7.10. The summed E-state index contributed by atoms with van der Waals surface area (Å²) in [5.74, 6) is 5.21. The standard InChI is InChI=1S/C8H5NOS/c9-5-8-4-7(6-11-8)2-1-3-10/h4,6,10H,3H2. The topological polar surface area (TPSA) is 44.0 Å². The van der Waals surface area contributed by atoms with Crippen LogP contribution in [0.5, 0.6) is 0 Å². The second-order valence-electron chi connectivity index (χ2n) is 1.77. The Balaban J connectivity index is 2.83. The molecule has 0 atom stereocenters. The van der Waals surface area contributed by atoms with E-state index in [-0.39, 0.29) is 6.61 Å². The van der Waals surface area contributed by atoms with Crippen LogP contribution in [0.3, 0.4) is 0 Å². The van der Waals surface area contributed by atoms with Crippen molar-refractivity contribution < 1.29 is 5.11 Å². The van der Waals surface area contributed by atoms with Crippen LogP contribution < -0.4 is 0 Å². The third-order valence-electron chi connectivity index (χ3n) is 1.02. The van der Waals surface area contributed by atoms with Gasteiger partial charge in [0, 0.05) is 10.9 Å². The maximum Gasteiger partial charge on any atom is 0.110 e. The van der Waals surface area contributed by atoms with E-state index in [1.54, 1.807) is 11.4 Å². The number of hydrogen-bond acceptors (Lipinski definition) is 3. The van der Waals surface area contributed by atoms with Gasteiger partial charge in [-0.25, -0.2) is 0 Å². The maximum absolute atomic E-state index is 8.44. The van der Waals surface area contributed by atoms with Gasteiger partial charge >= 0.3 is 0 Å². The minimum Gasteiger partial charge on any atom is -0.384 e. The quantitative estimate of drug-likeness (QED) is 0.579. The summed E-state index contributed by atoms with van der Waals surface area (Å²) in [5.41, 5.74) is 0.792. The zero-order valence-corrected chi connectivity index (χ0v) is 6.48. The number of aliphatic hydroxyl groups is 1. The molecule has 3 heteroatoms. The second-order valence-corrected chi connectivity index (χ2v) is 2.68. The zero-order chi connectivity index (χ0) is 8.10. The molecule has 1 heterocycles. The number of rotatable bonds is 0. The van der Waals surface area contributed by atoms with Gasteiger partial charge in [-0.15, -0.1) is 11.3 Å². The Morgan fingerprint density at radius 3 is 3.00 bits per heavy atom. The Morgan fingerprint density at radius 1 is 1.64 bits per heavy atom. The van der Waals surface area contributed by atoms with Crippen molar-refractivity contribution in [1.29, 1.82) is 5.26 Å². The van der Waals surface area contributed by atoms with E-state index in [0.717, 1.165) is 5.56 Å². The third-order valence-corrected chi connectivity index (χ3v) is 1.86. The molecular formula is C8H5NOS. The highest BCUT2D eigenvalue weighted by atomic mass is 32.1. The van der Waals surface area contributed by atoms with Crippen molar-refractivity contribution in [3.05, 3.63) is 21.9 Å². The lowest BCUT2D eigenvalue weighted by atomic mass is 10.3. The van der Waals surface area contributed by atoms with Gasteiger partial charge in [-0.05, 0) is 6.07 Å². The summed E-state index contributed by atoms with van der Waals surface area (Å²) in [6.07, 6.45) is 0. The van der Waals surface area contributed by atoms with Crippen molar-refractivity contribution in [2.24, 2.45) is 0 Å².